The fraction of sp³-hybridized carbons (Fsp3) is 0.333. The molecular weight excluding hydrogens is 246 g/mol. The average molecular weight is 259 g/mol. The molecule has 98 valence electrons. The van der Waals surface area contributed by atoms with Crippen LogP contribution in [-0.4, -0.2) is 43.9 Å². The summed E-state index contributed by atoms with van der Waals surface area (Å²) in [6.45, 7) is 1.89. The molecule has 0 spiro atoms. The van der Waals surface area contributed by atoms with Gasteiger partial charge in [-0.3, -0.25) is 0 Å². The van der Waals surface area contributed by atoms with E-state index >= 15 is 0 Å². The van der Waals surface area contributed by atoms with Crippen molar-refractivity contribution in [2.45, 2.75) is 12.8 Å². The Morgan fingerprint density at radius 2 is 1.84 bits per heavy atom. The van der Waals surface area contributed by atoms with Crippen molar-refractivity contribution in [3.8, 4) is 5.82 Å². The van der Waals surface area contributed by atoms with Gasteiger partial charge in [0.05, 0.1) is 0 Å². The van der Waals surface area contributed by atoms with Gasteiger partial charge in [-0.2, -0.15) is 5.10 Å². The standard InChI is InChI=1S/C12H13N5O2/c18-12(19)9-3-8-17(15-9)11-10(13-4-5-14-11)16-6-1-2-7-16/h3-5,8H,1-2,6-7H2,(H,18,19). The highest BCUT2D eigenvalue weighted by molar-refractivity contribution is 5.85. The van der Waals surface area contributed by atoms with Gasteiger partial charge in [-0.1, -0.05) is 0 Å². The van der Waals surface area contributed by atoms with E-state index < -0.39 is 5.97 Å². The summed E-state index contributed by atoms with van der Waals surface area (Å²) < 4.78 is 1.46. The number of carbonyl (C=O) groups is 1. The second kappa shape index (κ2) is 4.68. The largest absolute Gasteiger partial charge is 0.476 e. The van der Waals surface area contributed by atoms with E-state index in [0.29, 0.717) is 5.82 Å². The molecule has 1 fully saturated rings. The first-order valence-corrected chi connectivity index (χ1v) is 6.11. The van der Waals surface area contributed by atoms with Crippen molar-refractivity contribution in [3.05, 3.63) is 30.4 Å². The minimum atomic E-state index is -1.05. The number of nitrogens with zero attached hydrogens (tertiary/aromatic N) is 5. The summed E-state index contributed by atoms with van der Waals surface area (Å²) in [5.41, 5.74) is -0.00183. The molecular formula is C12H13N5O2. The maximum Gasteiger partial charge on any atom is 0.356 e. The molecule has 2 aromatic rings. The molecule has 1 N–H and O–H groups in total. The fourth-order valence-electron chi connectivity index (χ4n) is 2.19. The SMILES string of the molecule is O=C(O)c1ccn(-c2nccnc2N2CCCC2)n1. The number of hydrogen-bond acceptors (Lipinski definition) is 5. The Kier molecular flexibility index (Phi) is 2.86. The molecule has 3 heterocycles. The Hall–Kier alpha value is -2.44. The molecule has 1 aliphatic heterocycles. The predicted octanol–water partition coefficient (Wildman–Crippen LogP) is 0.961. The van der Waals surface area contributed by atoms with Crippen LogP contribution in [0.4, 0.5) is 5.82 Å². The zero-order valence-corrected chi connectivity index (χ0v) is 10.2. The maximum atomic E-state index is 10.9. The highest BCUT2D eigenvalue weighted by Crippen LogP contribution is 2.22. The van der Waals surface area contributed by atoms with Crippen LogP contribution in [0.1, 0.15) is 23.3 Å². The minimum absolute atomic E-state index is 0.00183. The molecule has 0 aliphatic carbocycles. The van der Waals surface area contributed by atoms with Gasteiger partial charge in [0.2, 0.25) is 0 Å². The minimum Gasteiger partial charge on any atom is -0.476 e. The van der Waals surface area contributed by atoms with E-state index in [9.17, 15) is 4.79 Å². The zero-order valence-electron chi connectivity index (χ0n) is 10.2. The molecule has 7 heteroatoms. The molecule has 0 aromatic carbocycles. The molecule has 7 nitrogen and oxygen atoms in total. The smallest absolute Gasteiger partial charge is 0.356 e. The Morgan fingerprint density at radius 3 is 2.47 bits per heavy atom. The summed E-state index contributed by atoms with van der Waals surface area (Å²) in [4.78, 5) is 21.6. The summed E-state index contributed by atoms with van der Waals surface area (Å²) in [5, 5.41) is 12.9. The quantitative estimate of drug-likeness (QED) is 0.883. The second-order valence-electron chi connectivity index (χ2n) is 4.35. The van der Waals surface area contributed by atoms with Crippen LogP contribution in [0.3, 0.4) is 0 Å². The molecule has 0 bridgehead atoms. The van der Waals surface area contributed by atoms with Crippen LogP contribution in [0.15, 0.2) is 24.7 Å². The van der Waals surface area contributed by atoms with Crippen LogP contribution >= 0.6 is 0 Å². The number of aromatic nitrogens is 4. The molecule has 0 atom stereocenters. The molecule has 1 saturated heterocycles. The summed E-state index contributed by atoms with van der Waals surface area (Å²) in [5.74, 6) is 0.266. The van der Waals surface area contributed by atoms with Gasteiger partial charge in [0, 0.05) is 31.7 Å². The maximum absolute atomic E-state index is 10.9. The molecule has 3 rings (SSSR count). The number of aromatic carboxylic acids is 1. The normalized spacial score (nSPS) is 14.8. The van der Waals surface area contributed by atoms with E-state index in [4.69, 9.17) is 5.11 Å². The van der Waals surface area contributed by atoms with E-state index in [1.807, 2.05) is 0 Å². The van der Waals surface area contributed by atoms with Crippen molar-refractivity contribution in [1.29, 1.82) is 0 Å². The highest BCUT2D eigenvalue weighted by Gasteiger charge is 2.19. The summed E-state index contributed by atoms with van der Waals surface area (Å²) in [6, 6.07) is 1.45. The van der Waals surface area contributed by atoms with Crippen molar-refractivity contribution in [1.82, 2.24) is 19.7 Å². The third-order valence-electron chi connectivity index (χ3n) is 3.09. The van der Waals surface area contributed by atoms with Crippen LogP contribution < -0.4 is 4.90 Å². The topological polar surface area (TPSA) is 84.1 Å². The summed E-state index contributed by atoms with van der Waals surface area (Å²) in [7, 11) is 0. The van der Waals surface area contributed by atoms with E-state index in [1.54, 1.807) is 18.6 Å². The second-order valence-corrected chi connectivity index (χ2v) is 4.35. The van der Waals surface area contributed by atoms with E-state index in [2.05, 4.69) is 20.0 Å². The monoisotopic (exact) mass is 259 g/mol. The number of carboxylic acid groups (broad SMARTS) is 1. The van der Waals surface area contributed by atoms with Gasteiger partial charge >= 0.3 is 5.97 Å². The summed E-state index contributed by atoms with van der Waals surface area (Å²) in [6.07, 6.45) is 7.08. The van der Waals surface area contributed by atoms with E-state index in [1.165, 1.54) is 10.7 Å². The molecule has 0 radical (unpaired) electrons. The average Bonchev–Trinajstić information content (AvgIpc) is 3.10. The van der Waals surface area contributed by atoms with Crippen molar-refractivity contribution >= 4 is 11.8 Å². The molecule has 0 saturated carbocycles. The Balaban J connectivity index is 2.01. The van der Waals surface area contributed by atoms with Crippen molar-refractivity contribution in [3.63, 3.8) is 0 Å². The Bertz CT molecular complexity index is 604. The first-order valence-electron chi connectivity index (χ1n) is 6.11. The molecule has 19 heavy (non-hydrogen) atoms. The van der Waals surface area contributed by atoms with Gasteiger partial charge in [0.1, 0.15) is 0 Å². The van der Waals surface area contributed by atoms with Crippen molar-refractivity contribution in [2.75, 3.05) is 18.0 Å². The van der Waals surface area contributed by atoms with Gasteiger partial charge in [-0.05, 0) is 18.9 Å². The van der Waals surface area contributed by atoms with Crippen LogP contribution in [0.5, 0.6) is 0 Å². The zero-order chi connectivity index (χ0) is 13.2. The van der Waals surface area contributed by atoms with E-state index in [0.717, 1.165) is 31.7 Å². The predicted molar refractivity (Wildman–Crippen MR) is 67.6 cm³/mol. The van der Waals surface area contributed by atoms with Crippen LogP contribution in [0, 0.1) is 0 Å². The van der Waals surface area contributed by atoms with Gasteiger partial charge < -0.3 is 10.0 Å². The lowest BCUT2D eigenvalue weighted by atomic mass is 10.4. The number of carboxylic acids is 1. The van der Waals surface area contributed by atoms with Crippen molar-refractivity contribution < 1.29 is 9.90 Å². The number of rotatable bonds is 3. The van der Waals surface area contributed by atoms with Gasteiger partial charge in [-0.25, -0.2) is 19.4 Å². The van der Waals surface area contributed by atoms with Gasteiger partial charge in [0.15, 0.2) is 17.3 Å². The van der Waals surface area contributed by atoms with Gasteiger partial charge in [-0.15, -0.1) is 0 Å². The lowest BCUT2D eigenvalue weighted by Gasteiger charge is -2.18. The number of anilines is 1. The lowest BCUT2D eigenvalue weighted by molar-refractivity contribution is 0.0690. The fourth-order valence-corrected chi connectivity index (χ4v) is 2.19. The molecule has 2 aromatic heterocycles. The summed E-state index contributed by atoms with van der Waals surface area (Å²) >= 11 is 0. The molecule has 1 aliphatic rings. The van der Waals surface area contributed by atoms with Crippen LogP contribution in [0.2, 0.25) is 0 Å². The molecule has 0 amide bonds. The van der Waals surface area contributed by atoms with Gasteiger partial charge in [0.25, 0.3) is 0 Å². The van der Waals surface area contributed by atoms with Crippen LogP contribution in [0.25, 0.3) is 5.82 Å². The molecule has 0 unspecified atom stereocenters. The highest BCUT2D eigenvalue weighted by atomic mass is 16.4. The van der Waals surface area contributed by atoms with Crippen molar-refractivity contribution in [2.24, 2.45) is 0 Å². The Labute approximate surface area is 109 Å². The van der Waals surface area contributed by atoms with Crippen LogP contribution in [-0.2, 0) is 0 Å². The number of hydrogen-bond donors (Lipinski definition) is 1. The first kappa shape index (κ1) is 11.6. The first-order chi connectivity index (χ1) is 9.25. The third-order valence-corrected chi connectivity index (χ3v) is 3.09. The van der Waals surface area contributed by atoms with E-state index in [-0.39, 0.29) is 5.69 Å². The lowest BCUT2D eigenvalue weighted by Crippen LogP contribution is -2.22. The third kappa shape index (κ3) is 2.14. The Morgan fingerprint density at radius 1 is 1.16 bits per heavy atom.